The Kier molecular flexibility index (Phi) is 5.52. The summed E-state index contributed by atoms with van der Waals surface area (Å²) in [5, 5.41) is 6.53. The number of sulfonamides is 1. The summed E-state index contributed by atoms with van der Waals surface area (Å²) in [6.07, 6.45) is 0.918. The van der Waals surface area contributed by atoms with E-state index in [2.05, 4.69) is 15.1 Å². The summed E-state index contributed by atoms with van der Waals surface area (Å²) in [5.74, 6) is -0.238. The van der Waals surface area contributed by atoms with E-state index in [0.29, 0.717) is 12.2 Å². The van der Waals surface area contributed by atoms with Crippen LogP contribution in [0.15, 0.2) is 4.90 Å². The molecule has 8 nitrogen and oxygen atoms in total. The van der Waals surface area contributed by atoms with Gasteiger partial charge >= 0.3 is 0 Å². The molecule has 0 saturated heterocycles. The third-order valence-electron chi connectivity index (χ3n) is 2.79. The van der Waals surface area contributed by atoms with E-state index in [1.807, 2.05) is 6.92 Å². The van der Waals surface area contributed by atoms with Crippen molar-refractivity contribution in [1.29, 1.82) is 0 Å². The van der Waals surface area contributed by atoms with Crippen LogP contribution in [0.5, 0.6) is 0 Å². The molecule has 1 aromatic rings. The summed E-state index contributed by atoms with van der Waals surface area (Å²) in [6.45, 7) is 4.16. The van der Waals surface area contributed by atoms with E-state index in [9.17, 15) is 13.2 Å². The summed E-state index contributed by atoms with van der Waals surface area (Å²) in [6, 6.07) is 0. The molecule has 0 bridgehead atoms. The van der Waals surface area contributed by atoms with Gasteiger partial charge in [0.15, 0.2) is 5.82 Å². The standard InChI is InChI=1S/C11H21N5O3S/c1-4-6-13-9(17)5-7-14-20(18,19)10-8(2)16(3)15-11(10)12/h14H,4-7H2,1-3H3,(H2,12,15)(H,13,17). The molecule has 1 aromatic heterocycles. The first kappa shape index (κ1) is 16.4. The minimum atomic E-state index is -3.76. The first-order valence-corrected chi connectivity index (χ1v) is 7.83. The van der Waals surface area contributed by atoms with E-state index in [4.69, 9.17) is 5.73 Å². The molecule has 114 valence electrons. The molecule has 0 unspecified atom stereocenters. The minimum absolute atomic E-state index is 0.0195. The largest absolute Gasteiger partial charge is 0.381 e. The summed E-state index contributed by atoms with van der Waals surface area (Å²) in [4.78, 5) is 11.3. The van der Waals surface area contributed by atoms with Gasteiger partial charge in [-0.3, -0.25) is 9.48 Å². The maximum absolute atomic E-state index is 12.1. The number of hydrogen-bond acceptors (Lipinski definition) is 5. The Balaban J connectivity index is 2.65. The molecule has 20 heavy (non-hydrogen) atoms. The average molecular weight is 303 g/mol. The van der Waals surface area contributed by atoms with Gasteiger partial charge in [-0.15, -0.1) is 0 Å². The van der Waals surface area contributed by atoms with Crippen LogP contribution in [0, 0.1) is 6.92 Å². The maximum atomic E-state index is 12.1. The third kappa shape index (κ3) is 3.94. The van der Waals surface area contributed by atoms with Crippen molar-refractivity contribution >= 4 is 21.7 Å². The predicted octanol–water partition coefficient (Wildman–Crippen LogP) is -0.495. The van der Waals surface area contributed by atoms with Gasteiger partial charge in [0.25, 0.3) is 0 Å². The second-order valence-corrected chi connectivity index (χ2v) is 6.12. The molecule has 9 heteroatoms. The number of amides is 1. The number of nitrogen functional groups attached to an aromatic ring is 1. The molecular formula is C11H21N5O3S. The fourth-order valence-electron chi connectivity index (χ4n) is 1.67. The second kappa shape index (κ2) is 6.71. The van der Waals surface area contributed by atoms with Crippen LogP contribution < -0.4 is 15.8 Å². The molecule has 0 fully saturated rings. The van der Waals surface area contributed by atoms with Crippen LogP contribution in [0.2, 0.25) is 0 Å². The number of nitrogens with one attached hydrogen (secondary N) is 2. The number of anilines is 1. The highest BCUT2D eigenvalue weighted by molar-refractivity contribution is 7.89. The molecule has 0 aliphatic rings. The topological polar surface area (TPSA) is 119 Å². The van der Waals surface area contributed by atoms with Crippen LogP contribution in [0.1, 0.15) is 25.5 Å². The average Bonchev–Trinajstić information content (AvgIpc) is 2.60. The van der Waals surface area contributed by atoms with Crippen LogP contribution >= 0.6 is 0 Å². The number of hydrogen-bond donors (Lipinski definition) is 3. The van der Waals surface area contributed by atoms with Gasteiger partial charge < -0.3 is 11.1 Å². The number of nitrogens with two attached hydrogens (primary N) is 1. The van der Waals surface area contributed by atoms with Crippen molar-refractivity contribution in [2.75, 3.05) is 18.8 Å². The molecule has 1 heterocycles. The summed E-state index contributed by atoms with van der Waals surface area (Å²) >= 11 is 0. The van der Waals surface area contributed by atoms with Crippen molar-refractivity contribution in [3.8, 4) is 0 Å². The fourth-order valence-corrected chi connectivity index (χ4v) is 3.02. The third-order valence-corrected chi connectivity index (χ3v) is 4.42. The lowest BCUT2D eigenvalue weighted by molar-refractivity contribution is -0.120. The molecule has 0 aliphatic carbocycles. The molecule has 1 rings (SSSR count). The van der Waals surface area contributed by atoms with Crippen molar-refractivity contribution in [2.24, 2.45) is 7.05 Å². The number of carbonyl (C=O) groups is 1. The van der Waals surface area contributed by atoms with Crippen LogP contribution in [0.25, 0.3) is 0 Å². The van der Waals surface area contributed by atoms with E-state index < -0.39 is 10.0 Å². The zero-order valence-corrected chi connectivity index (χ0v) is 12.7. The van der Waals surface area contributed by atoms with Gasteiger partial charge in [-0.2, -0.15) is 5.10 Å². The van der Waals surface area contributed by atoms with Crippen LogP contribution in [-0.4, -0.2) is 37.2 Å². The normalized spacial score (nSPS) is 11.6. The summed E-state index contributed by atoms with van der Waals surface area (Å²) < 4.78 is 28.0. The van der Waals surface area contributed by atoms with Gasteiger partial charge in [-0.25, -0.2) is 13.1 Å². The molecule has 0 aliphatic heterocycles. The Hall–Kier alpha value is -1.61. The number of carbonyl (C=O) groups excluding carboxylic acids is 1. The molecular weight excluding hydrogens is 282 g/mol. The predicted molar refractivity (Wildman–Crippen MR) is 75.5 cm³/mol. The number of nitrogens with zero attached hydrogens (tertiary/aromatic N) is 2. The quantitative estimate of drug-likeness (QED) is 0.627. The number of rotatable bonds is 7. The van der Waals surface area contributed by atoms with Crippen LogP contribution in [0.3, 0.4) is 0 Å². The molecule has 0 spiro atoms. The molecule has 4 N–H and O–H groups in total. The Labute approximate surface area is 118 Å². The van der Waals surface area contributed by atoms with E-state index in [-0.39, 0.29) is 29.6 Å². The smallest absolute Gasteiger partial charge is 0.246 e. The van der Waals surface area contributed by atoms with E-state index >= 15 is 0 Å². The maximum Gasteiger partial charge on any atom is 0.246 e. The molecule has 0 aromatic carbocycles. The Morgan fingerprint density at radius 3 is 2.55 bits per heavy atom. The van der Waals surface area contributed by atoms with Crippen LogP contribution in [0.4, 0.5) is 5.82 Å². The lowest BCUT2D eigenvalue weighted by atomic mass is 10.4. The lowest BCUT2D eigenvalue weighted by Gasteiger charge is -2.07. The fraction of sp³-hybridized carbons (Fsp3) is 0.636. The monoisotopic (exact) mass is 303 g/mol. The highest BCUT2D eigenvalue weighted by Crippen LogP contribution is 2.20. The van der Waals surface area contributed by atoms with Crippen molar-refractivity contribution in [3.63, 3.8) is 0 Å². The minimum Gasteiger partial charge on any atom is -0.381 e. The SMILES string of the molecule is CCCNC(=O)CCNS(=O)(=O)c1c(N)nn(C)c1C. The van der Waals surface area contributed by atoms with Gasteiger partial charge in [-0.1, -0.05) is 6.92 Å². The van der Waals surface area contributed by atoms with Crippen molar-refractivity contribution < 1.29 is 13.2 Å². The van der Waals surface area contributed by atoms with Crippen molar-refractivity contribution in [3.05, 3.63) is 5.69 Å². The van der Waals surface area contributed by atoms with Crippen molar-refractivity contribution in [2.45, 2.75) is 31.6 Å². The number of aryl methyl sites for hydroxylation is 1. The highest BCUT2D eigenvalue weighted by Gasteiger charge is 2.24. The second-order valence-electron chi connectivity index (χ2n) is 4.42. The van der Waals surface area contributed by atoms with E-state index in [0.717, 1.165) is 6.42 Å². The zero-order valence-electron chi connectivity index (χ0n) is 11.9. The van der Waals surface area contributed by atoms with E-state index in [1.165, 1.54) is 4.68 Å². The van der Waals surface area contributed by atoms with Gasteiger partial charge in [0.05, 0.1) is 5.69 Å². The highest BCUT2D eigenvalue weighted by atomic mass is 32.2. The van der Waals surface area contributed by atoms with E-state index in [1.54, 1.807) is 14.0 Å². The molecule has 1 amide bonds. The van der Waals surface area contributed by atoms with Crippen molar-refractivity contribution in [1.82, 2.24) is 19.8 Å². The Morgan fingerprint density at radius 2 is 2.05 bits per heavy atom. The molecule has 0 saturated carbocycles. The molecule has 0 radical (unpaired) electrons. The first-order valence-electron chi connectivity index (χ1n) is 6.35. The van der Waals surface area contributed by atoms with Gasteiger partial charge in [0, 0.05) is 26.6 Å². The lowest BCUT2D eigenvalue weighted by Crippen LogP contribution is -2.31. The zero-order chi connectivity index (χ0) is 15.3. The number of aromatic nitrogens is 2. The summed E-state index contributed by atoms with van der Waals surface area (Å²) in [5.41, 5.74) is 6.04. The van der Waals surface area contributed by atoms with Crippen LogP contribution in [-0.2, 0) is 21.9 Å². The Bertz CT molecular complexity index is 579. The Morgan fingerprint density at radius 1 is 1.40 bits per heavy atom. The van der Waals surface area contributed by atoms with Gasteiger partial charge in [0.2, 0.25) is 15.9 Å². The van der Waals surface area contributed by atoms with Gasteiger partial charge in [-0.05, 0) is 13.3 Å². The van der Waals surface area contributed by atoms with Gasteiger partial charge in [0.1, 0.15) is 4.90 Å². The molecule has 0 atom stereocenters. The summed E-state index contributed by atoms with van der Waals surface area (Å²) in [7, 11) is -2.14. The first-order chi connectivity index (χ1) is 9.29.